The van der Waals surface area contributed by atoms with Crippen molar-refractivity contribution in [2.45, 2.75) is 6.42 Å². The topological polar surface area (TPSA) is 57.7 Å². The third kappa shape index (κ3) is 1.68. The highest BCUT2D eigenvalue weighted by Gasteiger charge is 2.44. The summed E-state index contributed by atoms with van der Waals surface area (Å²) >= 11 is 0. The molecule has 0 radical (unpaired) electrons. The monoisotopic (exact) mass is 226 g/mol. The highest BCUT2D eigenvalue weighted by Crippen LogP contribution is 2.58. The van der Waals surface area contributed by atoms with Crippen molar-refractivity contribution >= 4 is 16.1 Å². The summed E-state index contributed by atoms with van der Waals surface area (Å²) < 4.78 is 37.8. The van der Waals surface area contributed by atoms with Crippen molar-refractivity contribution in [1.82, 2.24) is 9.34 Å². The Morgan fingerprint density at radius 2 is 1.54 bits per heavy atom. The molecule has 1 aliphatic rings. The quantitative estimate of drug-likeness (QED) is 0.606. The molecular formula is C6H15N2O3PS. The molecule has 0 aromatic carbocycles. The summed E-state index contributed by atoms with van der Waals surface area (Å²) in [6.45, 7) is -2.18. The van der Waals surface area contributed by atoms with Crippen molar-refractivity contribution in [3.8, 4) is 0 Å². The first-order valence-electron chi connectivity index (χ1n) is 4.03. The Hall–Kier alpha value is 0.1000. The molecule has 1 aliphatic heterocycles. The minimum absolute atomic E-state index is 0.578. The molecule has 0 atom stereocenters. The first-order chi connectivity index (χ1) is 5.80. The maximum atomic E-state index is 12.2. The summed E-state index contributed by atoms with van der Waals surface area (Å²) in [7, 11) is -0.327. The molecule has 0 N–H and O–H groups in total. The van der Waals surface area contributed by atoms with E-state index in [4.69, 9.17) is 0 Å². The molecule has 0 saturated carbocycles. The zero-order valence-corrected chi connectivity index (χ0v) is 9.81. The van der Waals surface area contributed by atoms with Gasteiger partial charge >= 0.3 is 6.65 Å². The van der Waals surface area contributed by atoms with Crippen LogP contribution in [0.4, 0.5) is 0 Å². The summed E-state index contributed by atoms with van der Waals surface area (Å²) in [5.74, 6) is 0. The van der Waals surface area contributed by atoms with E-state index in [0.717, 1.165) is 12.7 Å². The van der Waals surface area contributed by atoms with E-state index < -0.39 is 16.1 Å². The Labute approximate surface area is 78.9 Å². The fraction of sp³-hybridized carbons (Fsp3) is 1.00. The number of rotatable bonds is 1. The average molecular weight is 226 g/mol. The van der Waals surface area contributed by atoms with Crippen LogP contribution < -0.4 is 0 Å². The van der Waals surface area contributed by atoms with E-state index in [9.17, 15) is 13.0 Å². The second-order valence-electron chi connectivity index (χ2n) is 3.34. The molecule has 0 spiro atoms. The molecule has 1 rings (SSSR count). The van der Waals surface area contributed by atoms with Crippen LogP contribution in [0.2, 0.25) is 0 Å². The Bertz CT molecular complexity index is 326. The molecule has 0 aromatic rings. The molecule has 0 bridgehead atoms. The first-order valence-corrected chi connectivity index (χ1v) is 8.14. The van der Waals surface area contributed by atoms with E-state index in [0.29, 0.717) is 13.1 Å². The second kappa shape index (κ2) is 3.35. The van der Waals surface area contributed by atoms with Gasteiger partial charge in [0, 0.05) is 19.3 Å². The first kappa shape index (κ1) is 11.2. The van der Waals surface area contributed by atoms with E-state index in [1.165, 1.54) is 9.34 Å². The predicted octanol–water partition coefficient (Wildman–Crippen LogP) is 0.406. The SMILES string of the molecule is CN1CCCN(C)P1(=O)S(C)(=O)=O. The van der Waals surface area contributed by atoms with Gasteiger partial charge in [-0.15, -0.1) is 0 Å². The lowest BCUT2D eigenvalue weighted by Crippen LogP contribution is -2.37. The third-order valence-electron chi connectivity index (χ3n) is 2.26. The highest BCUT2D eigenvalue weighted by atomic mass is 32.8. The van der Waals surface area contributed by atoms with Crippen LogP contribution in [0, 0.1) is 0 Å². The third-order valence-corrected chi connectivity index (χ3v) is 9.51. The summed E-state index contributed by atoms with van der Waals surface area (Å²) in [6.07, 6.45) is 1.89. The Morgan fingerprint density at radius 3 is 1.77 bits per heavy atom. The van der Waals surface area contributed by atoms with Gasteiger partial charge in [-0.1, -0.05) is 0 Å². The molecule has 0 aliphatic carbocycles. The zero-order valence-electron chi connectivity index (χ0n) is 8.10. The molecule has 1 fully saturated rings. The Kier molecular flexibility index (Phi) is 2.88. The van der Waals surface area contributed by atoms with Crippen LogP contribution >= 0.6 is 6.65 Å². The smallest absolute Gasteiger partial charge is 0.271 e. The standard InChI is InChI=1S/C6H15N2O3PS/c1-7-5-4-6-8(2)12(7,9)13(3,10)11/h4-6H2,1-3H3. The molecule has 7 heteroatoms. The molecule has 13 heavy (non-hydrogen) atoms. The molecule has 0 unspecified atom stereocenters. The number of hydrogen-bond acceptors (Lipinski definition) is 3. The summed E-state index contributed by atoms with van der Waals surface area (Å²) in [4.78, 5) is 0. The molecule has 0 aromatic heterocycles. The molecule has 5 nitrogen and oxygen atoms in total. The van der Waals surface area contributed by atoms with Crippen LogP contribution in [0.25, 0.3) is 0 Å². The molecule has 78 valence electrons. The van der Waals surface area contributed by atoms with Gasteiger partial charge in [0.25, 0.3) is 0 Å². The van der Waals surface area contributed by atoms with Crippen molar-refractivity contribution in [3.63, 3.8) is 0 Å². The highest BCUT2D eigenvalue weighted by molar-refractivity contribution is 8.50. The van der Waals surface area contributed by atoms with E-state index in [2.05, 4.69) is 0 Å². The zero-order chi connectivity index (χ0) is 10.3. The van der Waals surface area contributed by atoms with Crippen LogP contribution in [0.15, 0.2) is 0 Å². The minimum Gasteiger partial charge on any atom is -0.271 e. The van der Waals surface area contributed by atoms with Gasteiger partial charge in [-0.25, -0.2) is 17.8 Å². The van der Waals surface area contributed by atoms with Gasteiger partial charge in [-0.05, 0) is 20.5 Å². The van der Waals surface area contributed by atoms with Crippen LogP contribution in [-0.2, 0) is 14.0 Å². The van der Waals surface area contributed by atoms with Gasteiger partial charge in [0.05, 0.1) is 0 Å². The van der Waals surface area contributed by atoms with E-state index in [1.807, 2.05) is 0 Å². The fourth-order valence-electron chi connectivity index (χ4n) is 1.55. The van der Waals surface area contributed by atoms with E-state index in [1.54, 1.807) is 14.1 Å². The number of hydrogen-bond donors (Lipinski definition) is 0. The Morgan fingerprint density at radius 1 is 1.15 bits per heavy atom. The van der Waals surface area contributed by atoms with Gasteiger partial charge < -0.3 is 0 Å². The van der Waals surface area contributed by atoms with Crippen LogP contribution in [0.5, 0.6) is 0 Å². The number of nitrogens with zero attached hydrogens (tertiary/aromatic N) is 2. The van der Waals surface area contributed by atoms with Crippen molar-refractivity contribution in [1.29, 1.82) is 0 Å². The van der Waals surface area contributed by atoms with Crippen LogP contribution in [0.1, 0.15) is 6.42 Å². The van der Waals surface area contributed by atoms with Crippen molar-refractivity contribution in [2.75, 3.05) is 33.4 Å². The van der Waals surface area contributed by atoms with Gasteiger partial charge in [0.15, 0.2) is 0 Å². The maximum Gasteiger partial charge on any atom is 0.326 e. The van der Waals surface area contributed by atoms with Crippen LogP contribution in [-0.4, -0.2) is 51.2 Å². The van der Waals surface area contributed by atoms with Gasteiger partial charge in [0.2, 0.25) is 9.46 Å². The lowest BCUT2D eigenvalue weighted by molar-refractivity contribution is 0.343. The van der Waals surface area contributed by atoms with Crippen molar-refractivity contribution in [2.24, 2.45) is 0 Å². The van der Waals surface area contributed by atoms with Crippen molar-refractivity contribution in [3.05, 3.63) is 0 Å². The minimum atomic E-state index is -3.52. The second-order valence-corrected chi connectivity index (χ2v) is 10.6. The van der Waals surface area contributed by atoms with Gasteiger partial charge in [-0.2, -0.15) is 0 Å². The summed E-state index contributed by atoms with van der Waals surface area (Å²) in [5, 5.41) is 0. The van der Waals surface area contributed by atoms with Crippen LogP contribution in [0.3, 0.4) is 0 Å². The fourth-order valence-corrected chi connectivity index (χ4v) is 7.40. The van der Waals surface area contributed by atoms with Crippen molar-refractivity contribution < 1.29 is 13.0 Å². The van der Waals surface area contributed by atoms with Gasteiger partial charge in [-0.3, -0.25) is 4.57 Å². The predicted molar refractivity (Wildman–Crippen MR) is 52.3 cm³/mol. The maximum absolute atomic E-state index is 12.2. The van der Waals surface area contributed by atoms with E-state index in [-0.39, 0.29) is 0 Å². The van der Waals surface area contributed by atoms with E-state index >= 15 is 0 Å². The van der Waals surface area contributed by atoms with Gasteiger partial charge in [0.1, 0.15) is 0 Å². The summed E-state index contributed by atoms with van der Waals surface area (Å²) in [6, 6.07) is 0. The lowest BCUT2D eigenvalue weighted by Gasteiger charge is -2.37. The summed E-state index contributed by atoms with van der Waals surface area (Å²) in [5.41, 5.74) is 0. The normalized spacial score (nSPS) is 26.1. The molecule has 1 saturated heterocycles. The molecular weight excluding hydrogens is 211 g/mol. The molecule has 1 heterocycles. The molecule has 0 amide bonds. The largest absolute Gasteiger partial charge is 0.326 e. The lowest BCUT2D eigenvalue weighted by atomic mass is 10.4. The average Bonchev–Trinajstić information content (AvgIpc) is 1.97. The Balaban J connectivity index is 3.18.